The Kier molecular flexibility index (Phi) is 3.11. The van der Waals surface area contributed by atoms with Crippen LogP contribution in [-0.2, 0) is 13.1 Å². The summed E-state index contributed by atoms with van der Waals surface area (Å²) in [5, 5.41) is 11.3. The average molecular weight is 219 g/mol. The predicted octanol–water partition coefficient (Wildman–Crippen LogP) is 0.189. The predicted molar refractivity (Wildman–Crippen MR) is 57.8 cm³/mol. The van der Waals surface area contributed by atoms with Crippen molar-refractivity contribution >= 4 is 0 Å². The van der Waals surface area contributed by atoms with Crippen LogP contribution >= 0.6 is 0 Å². The zero-order valence-electron chi connectivity index (χ0n) is 9.00. The number of methoxy groups -OCH3 is 1. The number of tetrazole rings is 1. The highest BCUT2D eigenvalue weighted by molar-refractivity contribution is 5.28. The van der Waals surface area contributed by atoms with Crippen LogP contribution in [0.5, 0.6) is 5.75 Å². The molecule has 0 fully saturated rings. The molecule has 0 unspecified atom stereocenters. The van der Waals surface area contributed by atoms with Gasteiger partial charge in [-0.1, -0.05) is 12.1 Å². The van der Waals surface area contributed by atoms with E-state index in [-0.39, 0.29) is 0 Å². The highest BCUT2D eigenvalue weighted by atomic mass is 16.5. The number of nitrogens with zero attached hydrogens (tertiary/aromatic N) is 4. The fourth-order valence-corrected chi connectivity index (χ4v) is 1.44. The van der Waals surface area contributed by atoms with Crippen LogP contribution < -0.4 is 10.5 Å². The van der Waals surface area contributed by atoms with Gasteiger partial charge in [-0.15, -0.1) is 5.10 Å². The van der Waals surface area contributed by atoms with Crippen molar-refractivity contribution in [2.45, 2.75) is 13.1 Å². The molecule has 0 atom stereocenters. The molecule has 0 saturated carbocycles. The lowest BCUT2D eigenvalue weighted by Gasteiger charge is -2.05. The summed E-state index contributed by atoms with van der Waals surface area (Å²) in [6.07, 6.45) is 0. The van der Waals surface area contributed by atoms with Crippen molar-refractivity contribution in [3.63, 3.8) is 0 Å². The minimum atomic E-state index is 0.330. The van der Waals surface area contributed by atoms with E-state index in [1.807, 2.05) is 24.3 Å². The molecule has 0 saturated heterocycles. The molecule has 0 aliphatic heterocycles. The number of hydrogen-bond donors (Lipinski definition) is 1. The molecule has 1 aromatic heterocycles. The van der Waals surface area contributed by atoms with Gasteiger partial charge < -0.3 is 10.5 Å². The van der Waals surface area contributed by atoms with Crippen molar-refractivity contribution in [3.8, 4) is 5.75 Å². The van der Waals surface area contributed by atoms with Gasteiger partial charge in [0.05, 0.1) is 20.2 Å². The molecule has 2 rings (SSSR count). The zero-order chi connectivity index (χ0) is 11.4. The lowest BCUT2D eigenvalue weighted by atomic mass is 10.2. The van der Waals surface area contributed by atoms with Gasteiger partial charge >= 0.3 is 0 Å². The third-order valence-electron chi connectivity index (χ3n) is 2.26. The summed E-state index contributed by atoms with van der Waals surface area (Å²) in [7, 11) is 1.64. The maximum absolute atomic E-state index is 5.52. The fraction of sp³-hybridized carbons (Fsp3) is 0.300. The largest absolute Gasteiger partial charge is 0.497 e. The zero-order valence-corrected chi connectivity index (χ0v) is 9.00. The molecule has 0 spiro atoms. The quantitative estimate of drug-likeness (QED) is 0.794. The third-order valence-corrected chi connectivity index (χ3v) is 2.26. The standard InChI is InChI=1S/C10H13N5O/c1-16-9-4-2-3-8(5-9)7-15-10(6-11)12-13-14-15/h2-5H,6-7,11H2,1H3. The molecule has 1 heterocycles. The molecule has 1 aromatic carbocycles. The van der Waals surface area contributed by atoms with Gasteiger partial charge in [-0.05, 0) is 28.1 Å². The monoisotopic (exact) mass is 219 g/mol. The Bertz CT molecular complexity index is 468. The molecule has 2 N–H and O–H groups in total. The van der Waals surface area contributed by atoms with Gasteiger partial charge in [-0.2, -0.15) is 0 Å². The Morgan fingerprint density at radius 1 is 1.44 bits per heavy atom. The van der Waals surface area contributed by atoms with Crippen molar-refractivity contribution < 1.29 is 4.74 Å². The van der Waals surface area contributed by atoms with E-state index in [1.165, 1.54) is 0 Å². The van der Waals surface area contributed by atoms with Crippen molar-refractivity contribution in [1.29, 1.82) is 0 Å². The van der Waals surface area contributed by atoms with Gasteiger partial charge in [0.2, 0.25) is 0 Å². The Morgan fingerprint density at radius 3 is 3.06 bits per heavy atom. The van der Waals surface area contributed by atoms with Gasteiger partial charge in [0.15, 0.2) is 5.82 Å². The number of rotatable bonds is 4. The van der Waals surface area contributed by atoms with E-state index >= 15 is 0 Å². The van der Waals surface area contributed by atoms with E-state index in [1.54, 1.807) is 11.8 Å². The summed E-state index contributed by atoms with van der Waals surface area (Å²) in [6, 6.07) is 7.76. The van der Waals surface area contributed by atoms with E-state index in [0.717, 1.165) is 11.3 Å². The van der Waals surface area contributed by atoms with Crippen LogP contribution in [0.25, 0.3) is 0 Å². The molecule has 6 nitrogen and oxygen atoms in total. The first kappa shape index (κ1) is 10.6. The second kappa shape index (κ2) is 4.71. The van der Waals surface area contributed by atoms with E-state index in [2.05, 4.69) is 15.5 Å². The van der Waals surface area contributed by atoms with E-state index in [0.29, 0.717) is 18.9 Å². The first-order valence-electron chi connectivity index (χ1n) is 4.91. The smallest absolute Gasteiger partial charge is 0.165 e. The molecule has 0 amide bonds. The summed E-state index contributed by atoms with van der Waals surface area (Å²) in [5.41, 5.74) is 6.59. The highest BCUT2D eigenvalue weighted by Gasteiger charge is 2.04. The topological polar surface area (TPSA) is 78.8 Å². The first-order chi connectivity index (χ1) is 7.83. The maximum atomic E-state index is 5.52. The lowest BCUT2D eigenvalue weighted by Crippen LogP contribution is -2.10. The van der Waals surface area contributed by atoms with Crippen molar-refractivity contribution in [3.05, 3.63) is 35.7 Å². The summed E-state index contributed by atoms with van der Waals surface area (Å²) in [5.74, 6) is 1.49. The normalized spacial score (nSPS) is 10.4. The Hall–Kier alpha value is -1.95. The Labute approximate surface area is 93.0 Å². The molecule has 6 heteroatoms. The van der Waals surface area contributed by atoms with Crippen LogP contribution in [0, 0.1) is 0 Å². The van der Waals surface area contributed by atoms with Gasteiger partial charge in [0.25, 0.3) is 0 Å². The van der Waals surface area contributed by atoms with Crippen LogP contribution in [-0.4, -0.2) is 27.3 Å². The fourth-order valence-electron chi connectivity index (χ4n) is 1.44. The minimum absolute atomic E-state index is 0.330. The molecule has 0 radical (unpaired) electrons. The van der Waals surface area contributed by atoms with Crippen LogP contribution in [0.3, 0.4) is 0 Å². The van der Waals surface area contributed by atoms with E-state index in [9.17, 15) is 0 Å². The molecule has 84 valence electrons. The second-order valence-corrected chi connectivity index (χ2v) is 3.31. The van der Waals surface area contributed by atoms with Crippen LogP contribution in [0.4, 0.5) is 0 Å². The van der Waals surface area contributed by atoms with Gasteiger partial charge in [-0.3, -0.25) is 0 Å². The number of ether oxygens (including phenoxy) is 1. The van der Waals surface area contributed by atoms with Gasteiger partial charge in [0, 0.05) is 0 Å². The highest BCUT2D eigenvalue weighted by Crippen LogP contribution is 2.13. The Morgan fingerprint density at radius 2 is 2.31 bits per heavy atom. The van der Waals surface area contributed by atoms with Crippen molar-refractivity contribution in [2.24, 2.45) is 5.73 Å². The van der Waals surface area contributed by atoms with E-state index in [4.69, 9.17) is 10.5 Å². The first-order valence-corrected chi connectivity index (χ1v) is 4.91. The summed E-state index contributed by atoms with van der Waals surface area (Å²) in [6.45, 7) is 0.924. The minimum Gasteiger partial charge on any atom is -0.497 e. The number of aromatic nitrogens is 4. The third kappa shape index (κ3) is 2.17. The van der Waals surface area contributed by atoms with Crippen LogP contribution in [0.2, 0.25) is 0 Å². The molecule has 2 aromatic rings. The van der Waals surface area contributed by atoms with Crippen molar-refractivity contribution in [2.75, 3.05) is 7.11 Å². The van der Waals surface area contributed by atoms with Crippen LogP contribution in [0.15, 0.2) is 24.3 Å². The molecule has 0 bridgehead atoms. The molecular weight excluding hydrogens is 206 g/mol. The molecular formula is C10H13N5O. The van der Waals surface area contributed by atoms with Gasteiger partial charge in [0.1, 0.15) is 5.75 Å². The summed E-state index contributed by atoms with van der Waals surface area (Å²) >= 11 is 0. The molecule has 0 aliphatic carbocycles. The number of hydrogen-bond acceptors (Lipinski definition) is 5. The van der Waals surface area contributed by atoms with E-state index < -0.39 is 0 Å². The van der Waals surface area contributed by atoms with Crippen LogP contribution in [0.1, 0.15) is 11.4 Å². The molecule has 16 heavy (non-hydrogen) atoms. The lowest BCUT2D eigenvalue weighted by molar-refractivity contribution is 0.414. The van der Waals surface area contributed by atoms with Gasteiger partial charge in [-0.25, -0.2) is 4.68 Å². The SMILES string of the molecule is COc1cccc(Cn2nnnc2CN)c1. The number of benzene rings is 1. The van der Waals surface area contributed by atoms with Crippen molar-refractivity contribution in [1.82, 2.24) is 20.2 Å². The summed E-state index contributed by atoms with van der Waals surface area (Å²) < 4.78 is 6.82. The maximum Gasteiger partial charge on any atom is 0.165 e. The average Bonchev–Trinajstić information content (AvgIpc) is 2.76. The summed E-state index contributed by atoms with van der Waals surface area (Å²) in [4.78, 5) is 0. The number of nitrogens with two attached hydrogens (primary N) is 1. The Balaban J connectivity index is 2.20. The molecule has 0 aliphatic rings. The second-order valence-electron chi connectivity index (χ2n) is 3.31.